The van der Waals surface area contributed by atoms with Crippen molar-refractivity contribution in [2.75, 3.05) is 13.2 Å². The maximum Gasteiger partial charge on any atom is 0.121 e. The summed E-state index contributed by atoms with van der Waals surface area (Å²) in [6, 6.07) is 4.83. The molecule has 0 saturated carbocycles. The molecule has 0 atom stereocenters. The van der Waals surface area contributed by atoms with Gasteiger partial charge in [-0.15, -0.1) is 0 Å². The molecular formula is C10H10Cl2FNO. The van der Waals surface area contributed by atoms with E-state index in [4.69, 9.17) is 33.7 Å². The highest BCUT2D eigenvalue weighted by atomic mass is 35.5. The lowest BCUT2D eigenvalue weighted by molar-refractivity contribution is 0.347. The zero-order valence-electron chi connectivity index (χ0n) is 7.84. The van der Waals surface area contributed by atoms with Crippen LogP contribution in [0.25, 0.3) is 0 Å². The lowest BCUT2D eigenvalue weighted by atomic mass is 10.3. The summed E-state index contributed by atoms with van der Waals surface area (Å²) in [7, 11) is 0. The number of hydrogen-bond donors (Lipinski definition) is 1. The van der Waals surface area contributed by atoms with E-state index >= 15 is 0 Å². The molecule has 2 N–H and O–H groups in total. The highest BCUT2D eigenvalue weighted by Crippen LogP contribution is 2.26. The van der Waals surface area contributed by atoms with Gasteiger partial charge in [-0.1, -0.05) is 23.2 Å². The van der Waals surface area contributed by atoms with E-state index in [-0.39, 0.29) is 13.2 Å². The molecule has 0 spiro atoms. The molecule has 0 aliphatic heterocycles. The molecule has 0 unspecified atom stereocenters. The third kappa shape index (κ3) is 3.70. The van der Waals surface area contributed by atoms with Crippen LogP contribution >= 0.6 is 23.2 Å². The molecule has 0 bridgehead atoms. The topological polar surface area (TPSA) is 35.2 Å². The van der Waals surface area contributed by atoms with Crippen LogP contribution in [0.1, 0.15) is 0 Å². The summed E-state index contributed by atoms with van der Waals surface area (Å²) in [6.45, 7) is 0.225. The van der Waals surface area contributed by atoms with Gasteiger partial charge in [0.15, 0.2) is 0 Å². The fraction of sp³-hybridized carbons (Fsp3) is 0.200. The molecule has 0 radical (unpaired) electrons. The Morgan fingerprint density at radius 3 is 2.67 bits per heavy atom. The van der Waals surface area contributed by atoms with Crippen LogP contribution in [-0.2, 0) is 0 Å². The Morgan fingerprint density at radius 2 is 2.13 bits per heavy atom. The first-order valence-electron chi connectivity index (χ1n) is 4.23. The largest absolute Gasteiger partial charge is 0.489 e. The summed E-state index contributed by atoms with van der Waals surface area (Å²) < 4.78 is 17.4. The van der Waals surface area contributed by atoms with Crippen molar-refractivity contribution in [2.24, 2.45) is 5.73 Å². The van der Waals surface area contributed by atoms with Crippen molar-refractivity contribution in [3.8, 4) is 5.75 Å². The number of benzene rings is 1. The maximum atomic E-state index is 12.1. The first kappa shape index (κ1) is 12.3. The van der Waals surface area contributed by atoms with Gasteiger partial charge in [-0.3, -0.25) is 0 Å². The monoisotopic (exact) mass is 249 g/mol. The number of hydrogen-bond acceptors (Lipinski definition) is 2. The fourth-order valence-corrected chi connectivity index (χ4v) is 1.17. The summed E-state index contributed by atoms with van der Waals surface area (Å²) in [4.78, 5) is 0. The van der Waals surface area contributed by atoms with Crippen LogP contribution < -0.4 is 10.5 Å². The maximum absolute atomic E-state index is 12.1. The summed E-state index contributed by atoms with van der Waals surface area (Å²) in [5.41, 5.74) is 5.64. The fourth-order valence-electron chi connectivity index (χ4n) is 0.878. The van der Waals surface area contributed by atoms with E-state index in [2.05, 4.69) is 0 Å². The Kier molecular flexibility index (Phi) is 4.88. The molecule has 0 aromatic heterocycles. The van der Waals surface area contributed by atoms with Gasteiger partial charge < -0.3 is 10.5 Å². The van der Waals surface area contributed by atoms with Crippen molar-refractivity contribution >= 4 is 23.2 Å². The van der Waals surface area contributed by atoms with E-state index < -0.39 is 0 Å². The zero-order valence-corrected chi connectivity index (χ0v) is 9.35. The normalized spacial score (nSPS) is 11.6. The molecule has 5 heteroatoms. The minimum atomic E-state index is 0.102. The van der Waals surface area contributed by atoms with Crippen LogP contribution in [0.5, 0.6) is 5.75 Å². The Balaban J connectivity index is 2.62. The van der Waals surface area contributed by atoms with Crippen LogP contribution in [0.3, 0.4) is 0 Å². The Labute approximate surface area is 97.4 Å². The third-order valence-electron chi connectivity index (χ3n) is 1.73. The van der Waals surface area contributed by atoms with Gasteiger partial charge in [-0.2, -0.15) is 0 Å². The van der Waals surface area contributed by atoms with Gasteiger partial charge in [0.05, 0.1) is 16.4 Å². The quantitative estimate of drug-likeness (QED) is 0.890. The summed E-state index contributed by atoms with van der Waals surface area (Å²) >= 11 is 11.5. The van der Waals surface area contributed by atoms with Crippen LogP contribution in [0.4, 0.5) is 4.39 Å². The van der Waals surface area contributed by atoms with Crippen LogP contribution in [-0.4, -0.2) is 13.2 Å². The average Bonchev–Trinajstić information content (AvgIpc) is 2.24. The predicted molar refractivity (Wildman–Crippen MR) is 60.2 cm³/mol. The standard InChI is InChI=1S/C10H10Cl2FNO/c11-9-2-1-8(3-10(9)12)15-6-7(4-13)5-14/h1-4H,5-6,14H2/b7-4-. The molecule has 82 valence electrons. The first-order chi connectivity index (χ1) is 7.17. The van der Waals surface area contributed by atoms with Gasteiger partial charge in [-0.05, 0) is 12.1 Å². The van der Waals surface area contributed by atoms with Crippen molar-refractivity contribution in [1.29, 1.82) is 0 Å². The van der Waals surface area contributed by atoms with E-state index in [1.54, 1.807) is 18.2 Å². The lowest BCUT2D eigenvalue weighted by Gasteiger charge is -2.07. The summed E-state index contributed by atoms with van der Waals surface area (Å²) in [5.74, 6) is 0.525. The van der Waals surface area contributed by atoms with Crippen LogP contribution in [0.2, 0.25) is 10.0 Å². The molecule has 1 aromatic carbocycles. The van der Waals surface area contributed by atoms with Gasteiger partial charge in [-0.25, -0.2) is 4.39 Å². The molecule has 0 aliphatic carbocycles. The van der Waals surface area contributed by atoms with Gasteiger partial charge in [0.2, 0.25) is 0 Å². The lowest BCUT2D eigenvalue weighted by Crippen LogP contribution is -2.10. The number of rotatable bonds is 4. The Bertz CT molecular complexity index is 368. The van der Waals surface area contributed by atoms with Crippen molar-refractivity contribution < 1.29 is 9.13 Å². The molecule has 0 saturated heterocycles. The summed E-state index contributed by atoms with van der Waals surface area (Å²) in [6.07, 6.45) is 0.442. The van der Waals surface area contributed by atoms with Gasteiger partial charge in [0.25, 0.3) is 0 Å². The third-order valence-corrected chi connectivity index (χ3v) is 2.47. The van der Waals surface area contributed by atoms with E-state index in [9.17, 15) is 4.39 Å². The molecular weight excluding hydrogens is 240 g/mol. The van der Waals surface area contributed by atoms with E-state index in [1.807, 2.05) is 0 Å². The molecule has 0 amide bonds. The number of nitrogens with two attached hydrogens (primary N) is 1. The van der Waals surface area contributed by atoms with E-state index in [0.717, 1.165) is 0 Å². The molecule has 1 aromatic rings. The minimum absolute atomic E-state index is 0.102. The zero-order chi connectivity index (χ0) is 11.3. The first-order valence-corrected chi connectivity index (χ1v) is 4.99. The van der Waals surface area contributed by atoms with Crippen molar-refractivity contribution in [2.45, 2.75) is 0 Å². The molecule has 0 fully saturated rings. The van der Waals surface area contributed by atoms with Crippen LogP contribution in [0, 0.1) is 0 Å². The Morgan fingerprint density at radius 1 is 1.40 bits per heavy atom. The second-order valence-electron chi connectivity index (χ2n) is 2.84. The van der Waals surface area contributed by atoms with Crippen molar-refractivity contribution in [3.63, 3.8) is 0 Å². The highest BCUT2D eigenvalue weighted by Gasteiger charge is 2.01. The molecule has 2 nitrogen and oxygen atoms in total. The second-order valence-corrected chi connectivity index (χ2v) is 3.65. The summed E-state index contributed by atoms with van der Waals surface area (Å²) in [5, 5.41) is 0.844. The van der Waals surface area contributed by atoms with Crippen molar-refractivity contribution in [3.05, 3.63) is 40.1 Å². The van der Waals surface area contributed by atoms with E-state index in [0.29, 0.717) is 27.7 Å². The Hall–Kier alpha value is -0.770. The highest BCUT2D eigenvalue weighted by molar-refractivity contribution is 6.42. The number of ether oxygens (including phenoxy) is 1. The van der Waals surface area contributed by atoms with Gasteiger partial charge >= 0.3 is 0 Å². The van der Waals surface area contributed by atoms with Gasteiger partial charge in [0.1, 0.15) is 12.4 Å². The predicted octanol–water partition coefficient (Wildman–Crippen LogP) is 3.18. The van der Waals surface area contributed by atoms with Gasteiger partial charge in [0, 0.05) is 18.2 Å². The molecule has 15 heavy (non-hydrogen) atoms. The smallest absolute Gasteiger partial charge is 0.121 e. The molecule has 0 heterocycles. The molecule has 1 rings (SSSR count). The minimum Gasteiger partial charge on any atom is -0.489 e. The number of halogens is 3. The second kappa shape index (κ2) is 5.95. The molecule has 0 aliphatic rings. The van der Waals surface area contributed by atoms with E-state index in [1.165, 1.54) is 0 Å². The van der Waals surface area contributed by atoms with Crippen LogP contribution in [0.15, 0.2) is 30.1 Å². The van der Waals surface area contributed by atoms with Crippen molar-refractivity contribution in [1.82, 2.24) is 0 Å². The SMILES string of the molecule is NC/C(=C/F)COc1ccc(Cl)c(Cl)c1. The average molecular weight is 250 g/mol.